The Morgan fingerprint density at radius 2 is 2.27 bits per heavy atom. The Bertz CT molecular complexity index is 583. The maximum absolute atomic E-state index is 12.1. The van der Waals surface area contributed by atoms with Crippen LogP contribution in [0.3, 0.4) is 0 Å². The molecular formula is C15H22Cl2N4O. The second-order valence-corrected chi connectivity index (χ2v) is 5.43. The third-order valence-corrected chi connectivity index (χ3v) is 3.86. The second kappa shape index (κ2) is 8.36. The van der Waals surface area contributed by atoms with E-state index < -0.39 is 0 Å². The van der Waals surface area contributed by atoms with Crippen LogP contribution in [0.2, 0.25) is 0 Å². The van der Waals surface area contributed by atoms with Crippen molar-refractivity contribution < 1.29 is 4.79 Å². The average molecular weight is 345 g/mol. The zero-order valence-corrected chi connectivity index (χ0v) is 14.1. The number of hydrogen-bond donors (Lipinski definition) is 2. The van der Waals surface area contributed by atoms with Crippen molar-refractivity contribution in [2.45, 2.75) is 38.3 Å². The first kappa shape index (κ1) is 18.7. The Kier molecular flexibility index (Phi) is 7.13. The fourth-order valence-corrected chi connectivity index (χ4v) is 2.74. The van der Waals surface area contributed by atoms with E-state index in [-0.39, 0.29) is 36.8 Å². The van der Waals surface area contributed by atoms with Crippen molar-refractivity contribution in [3.8, 4) is 0 Å². The fourth-order valence-electron chi connectivity index (χ4n) is 2.74. The van der Waals surface area contributed by atoms with Gasteiger partial charge < -0.3 is 15.0 Å². The molecule has 1 fully saturated rings. The highest BCUT2D eigenvalue weighted by Crippen LogP contribution is 2.09. The summed E-state index contributed by atoms with van der Waals surface area (Å²) in [5, 5.41) is 6.50. The normalized spacial score (nSPS) is 20.8. The summed E-state index contributed by atoms with van der Waals surface area (Å²) in [5.74, 6) is 0.0500. The number of pyridine rings is 1. The molecule has 1 aliphatic rings. The van der Waals surface area contributed by atoms with Crippen molar-refractivity contribution in [3.05, 3.63) is 36.3 Å². The molecule has 2 aromatic heterocycles. The molecule has 2 N–H and O–H groups in total. The number of amides is 1. The molecule has 122 valence electrons. The third kappa shape index (κ3) is 4.35. The van der Waals surface area contributed by atoms with Gasteiger partial charge in [-0.25, -0.2) is 4.98 Å². The molecule has 2 unspecified atom stereocenters. The van der Waals surface area contributed by atoms with Crippen molar-refractivity contribution >= 4 is 36.4 Å². The van der Waals surface area contributed by atoms with Crippen LogP contribution in [-0.4, -0.2) is 33.9 Å². The summed E-state index contributed by atoms with van der Waals surface area (Å²) < 4.78 is 1.94. The summed E-state index contributed by atoms with van der Waals surface area (Å²) in [4.78, 5) is 16.6. The lowest BCUT2D eigenvalue weighted by atomic mass is 10.00. The van der Waals surface area contributed by atoms with Gasteiger partial charge in [0.2, 0.25) is 5.91 Å². The maximum atomic E-state index is 12.1. The number of nitrogens with one attached hydrogen (secondary N) is 2. The van der Waals surface area contributed by atoms with Gasteiger partial charge in [-0.05, 0) is 38.4 Å². The molecule has 3 heterocycles. The minimum absolute atomic E-state index is 0. The highest BCUT2D eigenvalue weighted by molar-refractivity contribution is 5.85. The number of aromatic nitrogens is 2. The first-order valence-corrected chi connectivity index (χ1v) is 7.18. The number of carbonyl (C=O) groups excluding carboxylic acids is 1. The quantitative estimate of drug-likeness (QED) is 0.894. The van der Waals surface area contributed by atoms with Crippen LogP contribution in [0.1, 0.15) is 25.5 Å². The Morgan fingerprint density at radius 3 is 3.00 bits per heavy atom. The van der Waals surface area contributed by atoms with E-state index in [2.05, 4.69) is 22.5 Å². The van der Waals surface area contributed by atoms with E-state index in [1.165, 1.54) is 0 Å². The highest BCUT2D eigenvalue weighted by Gasteiger charge is 2.22. The predicted octanol–water partition coefficient (Wildman–Crippen LogP) is 1.98. The first-order valence-electron chi connectivity index (χ1n) is 7.18. The highest BCUT2D eigenvalue weighted by atomic mass is 35.5. The molecule has 0 bridgehead atoms. The molecule has 1 amide bonds. The number of piperidine rings is 1. The zero-order valence-electron chi connectivity index (χ0n) is 12.5. The number of fused-ring (bicyclic) bond motifs is 1. The summed E-state index contributed by atoms with van der Waals surface area (Å²) in [6.07, 6.45) is 6.36. The molecule has 0 spiro atoms. The van der Waals surface area contributed by atoms with Gasteiger partial charge in [0.25, 0.3) is 0 Å². The molecule has 7 heteroatoms. The van der Waals surface area contributed by atoms with Crippen LogP contribution in [0.15, 0.2) is 30.6 Å². The monoisotopic (exact) mass is 344 g/mol. The molecule has 0 radical (unpaired) electrons. The van der Waals surface area contributed by atoms with Gasteiger partial charge >= 0.3 is 0 Å². The van der Waals surface area contributed by atoms with E-state index in [1.54, 1.807) is 0 Å². The minimum atomic E-state index is 0. The molecule has 0 aromatic carbocycles. The number of rotatable bonds is 3. The van der Waals surface area contributed by atoms with Gasteiger partial charge in [0.05, 0.1) is 12.1 Å². The van der Waals surface area contributed by atoms with Gasteiger partial charge in [-0.2, -0.15) is 0 Å². The average Bonchev–Trinajstić information content (AvgIpc) is 2.83. The lowest BCUT2D eigenvalue weighted by Crippen LogP contribution is -2.52. The largest absolute Gasteiger partial charge is 0.351 e. The van der Waals surface area contributed by atoms with Crippen molar-refractivity contribution in [2.75, 3.05) is 6.54 Å². The topological polar surface area (TPSA) is 58.4 Å². The van der Waals surface area contributed by atoms with Crippen LogP contribution in [0.25, 0.3) is 5.65 Å². The van der Waals surface area contributed by atoms with E-state index in [9.17, 15) is 4.79 Å². The molecular weight excluding hydrogens is 323 g/mol. The molecule has 3 rings (SSSR count). The standard InChI is InChI=1S/C15H20N4O.2ClH/c1-11-13(5-4-7-16-11)18-15(20)9-12-10-19-8-3-2-6-14(19)17-12;;/h2-3,6,8,10-11,13,16H,4-5,7,9H2,1H3,(H,18,20);2*1H. The van der Waals surface area contributed by atoms with Crippen molar-refractivity contribution in [3.63, 3.8) is 0 Å². The van der Waals surface area contributed by atoms with Crippen LogP contribution in [0.5, 0.6) is 0 Å². The first-order chi connectivity index (χ1) is 9.72. The summed E-state index contributed by atoms with van der Waals surface area (Å²) in [5.41, 5.74) is 1.69. The lowest BCUT2D eigenvalue weighted by Gasteiger charge is -2.30. The number of carbonyl (C=O) groups is 1. The predicted molar refractivity (Wildman–Crippen MR) is 92.0 cm³/mol. The Morgan fingerprint density at radius 1 is 1.45 bits per heavy atom. The molecule has 1 saturated heterocycles. The summed E-state index contributed by atoms with van der Waals surface area (Å²) >= 11 is 0. The molecule has 22 heavy (non-hydrogen) atoms. The van der Waals surface area contributed by atoms with Crippen LogP contribution < -0.4 is 10.6 Å². The minimum Gasteiger partial charge on any atom is -0.351 e. The van der Waals surface area contributed by atoms with Crippen molar-refractivity contribution in [1.29, 1.82) is 0 Å². The third-order valence-electron chi connectivity index (χ3n) is 3.86. The lowest BCUT2D eigenvalue weighted by molar-refractivity contribution is -0.121. The van der Waals surface area contributed by atoms with E-state index in [0.717, 1.165) is 30.7 Å². The molecule has 0 aliphatic carbocycles. The SMILES string of the molecule is CC1NCCCC1NC(=O)Cc1cn2ccccc2n1.Cl.Cl. The van der Waals surface area contributed by atoms with Crippen molar-refractivity contribution in [2.24, 2.45) is 0 Å². The number of imidazole rings is 1. The van der Waals surface area contributed by atoms with Gasteiger partial charge in [-0.1, -0.05) is 6.07 Å². The zero-order chi connectivity index (χ0) is 13.9. The van der Waals surface area contributed by atoms with E-state index in [1.807, 2.05) is 35.0 Å². The second-order valence-electron chi connectivity index (χ2n) is 5.43. The van der Waals surface area contributed by atoms with Gasteiger partial charge in [0.15, 0.2) is 0 Å². The number of hydrogen-bond acceptors (Lipinski definition) is 3. The number of halogens is 2. The van der Waals surface area contributed by atoms with Crippen LogP contribution >= 0.6 is 24.8 Å². The van der Waals surface area contributed by atoms with Crippen LogP contribution in [0, 0.1) is 0 Å². The van der Waals surface area contributed by atoms with Gasteiger partial charge in [-0.3, -0.25) is 4.79 Å². The van der Waals surface area contributed by atoms with E-state index in [4.69, 9.17) is 0 Å². The molecule has 2 atom stereocenters. The summed E-state index contributed by atoms with van der Waals surface area (Å²) in [6.45, 7) is 3.16. The van der Waals surface area contributed by atoms with E-state index in [0.29, 0.717) is 12.5 Å². The van der Waals surface area contributed by atoms with Crippen LogP contribution in [-0.2, 0) is 11.2 Å². The van der Waals surface area contributed by atoms with Crippen LogP contribution in [0.4, 0.5) is 0 Å². The molecule has 5 nitrogen and oxygen atoms in total. The summed E-state index contributed by atoms with van der Waals surface area (Å²) in [6, 6.07) is 6.41. The Hall–Kier alpha value is -1.30. The van der Waals surface area contributed by atoms with Crippen molar-refractivity contribution in [1.82, 2.24) is 20.0 Å². The van der Waals surface area contributed by atoms with E-state index >= 15 is 0 Å². The smallest absolute Gasteiger partial charge is 0.226 e. The van der Waals surface area contributed by atoms with Gasteiger partial charge in [0.1, 0.15) is 5.65 Å². The maximum Gasteiger partial charge on any atom is 0.226 e. The molecule has 2 aromatic rings. The van der Waals surface area contributed by atoms with Gasteiger partial charge in [-0.15, -0.1) is 24.8 Å². The molecule has 0 saturated carbocycles. The molecule has 1 aliphatic heterocycles. The number of nitrogens with zero attached hydrogens (tertiary/aromatic N) is 2. The summed E-state index contributed by atoms with van der Waals surface area (Å²) in [7, 11) is 0. The Labute approximate surface area is 142 Å². The Balaban J connectivity index is 0.00000121. The fraction of sp³-hybridized carbons (Fsp3) is 0.467. The van der Waals surface area contributed by atoms with Gasteiger partial charge in [0, 0.05) is 24.5 Å².